The number of rotatable bonds is 23. The Morgan fingerprint density at radius 3 is 1.22 bits per heavy atom. The quantitative estimate of drug-likeness (QED) is 0.0619. The maximum absolute atomic E-state index is 13.0. The number of hydrogen-bond donors (Lipinski definition) is 1. The Bertz CT molecular complexity index is 3920. The number of aryl methyl sites for hydroxylation is 2. The zero-order chi connectivity index (χ0) is 66.3. The summed E-state index contributed by atoms with van der Waals surface area (Å²) in [5.74, 6) is 1.43. The average molecular weight is 1340 g/mol. The summed E-state index contributed by atoms with van der Waals surface area (Å²) < 4.78 is 63.1. The van der Waals surface area contributed by atoms with Crippen LogP contribution in [0.4, 0.5) is 13.2 Å². The minimum atomic E-state index is -4.88. The van der Waals surface area contributed by atoms with Crippen LogP contribution in [0.2, 0.25) is 15.1 Å². The minimum Gasteiger partial charge on any atom is -0.490 e. The number of Topliss-reactive ketones (excluding diaryl/α,β-unsaturated/α-hetero) is 3. The Morgan fingerprint density at radius 2 is 0.830 bits per heavy atom. The van der Waals surface area contributed by atoms with Gasteiger partial charge in [0, 0.05) is 149 Å². The molecule has 3 aliphatic heterocycles. The number of alkyl halides is 3. The lowest BCUT2D eigenvalue weighted by Gasteiger charge is -2.33. The molecular formula is C75H84Cl3F3N6O7. The molecule has 3 fully saturated rings. The van der Waals surface area contributed by atoms with Crippen molar-refractivity contribution in [2.45, 2.75) is 129 Å². The highest BCUT2D eigenvalue weighted by molar-refractivity contribution is 6.31. The first kappa shape index (κ1) is 69.7. The zero-order valence-corrected chi connectivity index (χ0v) is 55.9. The number of carbonyl (C=O) groups excluding carboxylic acids is 3. The van der Waals surface area contributed by atoms with Gasteiger partial charge in [-0.2, -0.15) is 13.2 Å². The molecule has 0 amide bonds. The predicted molar refractivity (Wildman–Crippen MR) is 370 cm³/mol. The summed E-state index contributed by atoms with van der Waals surface area (Å²) in [5, 5.41) is 15.2. The van der Waals surface area contributed by atoms with Gasteiger partial charge in [0.05, 0.1) is 11.7 Å². The van der Waals surface area contributed by atoms with E-state index in [-0.39, 0.29) is 35.4 Å². The smallest absolute Gasteiger partial charge is 0.454 e. The molecule has 0 radical (unpaired) electrons. The summed E-state index contributed by atoms with van der Waals surface area (Å²) in [6, 6.07) is 45.3. The van der Waals surface area contributed by atoms with Crippen LogP contribution in [0.5, 0.6) is 17.2 Å². The van der Waals surface area contributed by atoms with Gasteiger partial charge in [-0.25, -0.2) is 0 Å². The second kappa shape index (κ2) is 33.0. The largest absolute Gasteiger partial charge is 0.490 e. The molecule has 1 unspecified atom stereocenters. The highest BCUT2D eigenvalue weighted by atomic mass is 35.5. The molecule has 0 spiro atoms. The van der Waals surface area contributed by atoms with Crippen molar-refractivity contribution >= 4 is 84.9 Å². The van der Waals surface area contributed by atoms with Crippen LogP contribution in [0.25, 0.3) is 32.7 Å². The van der Waals surface area contributed by atoms with Crippen molar-refractivity contribution < 1.29 is 46.9 Å². The third-order valence-electron chi connectivity index (χ3n) is 17.7. The Labute approximate surface area is 563 Å². The number of nitrogens with zero attached hydrogens (tertiary/aromatic N) is 6. The molecule has 12 rings (SSSR count). The highest BCUT2D eigenvalue weighted by Crippen LogP contribution is 2.31. The molecule has 6 aromatic carbocycles. The molecule has 1 atom stereocenters. The summed E-state index contributed by atoms with van der Waals surface area (Å²) in [6.07, 6.45) is 8.73. The molecular weight excluding hydrogens is 1260 g/mol. The van der Waals surface area contributed by atoms with Gasteiger partial charge in [-0.05, 0) is 168 Å². The molecule has 9 aromatic rings. The van der Waals surface area contributed by atoms with Gasteiger partial charge in [0.25, 0.3) is 5.78 Å². The van der Waals surface area contributed by atoms with E-state index < -0.39 is 18.1 Å². The second-order valence-corrected chi connectivity index (χ2v) is 26.6. The molecule has 498 valence electrons. The van der Waals surface area contributed by atoms with E-state index in [2.05, 4.69) is 57.5 Å². The number of para-hydroxylation sites is 3. The van der Waals surface area contributed by atoms with Crippen LogP contribution in [0.1, 0.15) is 110 Å². The number of hydrogen-bond acceptors (Lipinski definition) is 10. The first-order chi connectivity index (χ1) is 45.3. The number of aromatic nitrogens is 3. The topological polar surface area (TPSA) is 124 Å². The van der Waals surface area contributed by atoms with Gasteiger partial charge < -0.3 is 47.7 Å². The van der Waals surface area contributed by atoms with Crippen molar-refractivity contribution in [3.63, 3.8) is 0 Å². The molecule has 19 heteroatoms. The number of benzene rings is 6. The number of β-amino-alcohol motifs (C(OH)–C–C–N with tert-alkyl or cyclic N) is 1. The van der Waals surface area contributed by atoms with E-state index in [0.717, 1.165) is 160 Å². The van der Waals surface area contributed by atoms with Gasteiger partial charge in [0.2, 0.25) is 0 Å². The van der Waals surface area contributed by atoms with Crippen molar-refractivity contribution in [1.82, 2.24) is 28.4 Å². The lowest BCUT2D eigenvalue weighted by molar-refractivity contribution is -0.0884. The molecule has 0 saturated carbocycles. The lowest BCUT2D eigenvalue weighted by Crippen LogP contribution is -2.42. The fraction of sp³-hybridized carbons (Fsp3) is 0.400. The molecule has 0 bridgehead atoms. The third-order valence-corrected chi connectivity index (χ3v) is 18.5. The molecule has 0 aliphatic carbocycles. The average Bonchev–Trinajstić information content (AvgIpc) is 1.66. The summed E-state index contributed by atoms with van der Waals surface area (Å²) >= 11 is 17.8. The number of piperidine rings is 3. The van der Waals surface area contributed by atoms with E-state index in [9.17, 15) is 32.7 Å². The van der Waals surface area contributed by atoms with Gasteiger partial charge in [-0.1, -0.05) is 103 Å². The SMILES string of the molecule is CC(=O)c1cn(CC(O)CN2CCC(Oc3ccc(Cl)cc3)CC2)c2ccccc12.CC(C)CC(=O)c1cn(CCCN2CCC(Oc3ccc(Cl)cc3)CC2)c2ccccc12.O=C(c1cn(CCCN2CCC(Oc3ccc(Cl)cc3)CC2)c2ccccc12)C(F)(F)F. The van der Waals surface area contributed by atoms with E-state index in [1.165, 1.54) is 6.20 Å². The second-order valence-electron chi connectivity index (χ2n) is 25.3. The predicted octanol–water partition coefficient (Wildman–Crippen LogP) is 16.8. The van der Waals surface area contributed by atoms with Crippen LogP contribution in [0, 0.1) is 5.92 Å². The van der Waals surface area contributed by atoms with Crippen molar-refractivity contribution in [3.05, 3.63) is 196 Å². The summed E-state index contributed by atoms with van der Waals surface area (Å²) in [4.78, 5) is 43.7. The molecule has 1 N–H and O–H groups in total. The number of aliphatic hydroxyl groups excluding tert-OH is 1. The Morgan fingerprint density at radius 1 is 0.479 bits per heavy atom. The van der Waals surface area contributed by atoms with Gasteiger partial charge in [-0.3, -0.25) is 14.4 Å². The standard InChI is InChI=1S/C27H33ClN2O2.C24H24ClF3N2O2.C24H27ClN2O3/c1-20(2)18-27(31)25-19-30(26-7-4-3-6-24(25)26)15-5-14-29-16-12-23(13-17-29)32-22-10-8-21(28)9-11-22;25-17-6-8-18(9-7-17)32-19-10-14-29(15-11-19)12-3-13-30-16-21(23(31)24(26,27)28)20-4-1-2-5-22(20)30;1-17(28)23-16-27(24-5-3-2-4-22(23)24)15-19(29)14-26-12-10-21(11-13-26)30-20-8-6-18(25)7-9-20/h3-4,6-11,19-20,23H,5,12-18H2,1-2H3;1-2,4-9,16,19H,3,10-15H2;2-9,16,19,21,29H,10-15H2,1H3. The minimum absolute atomic E-state index is 0.0437. The number of aliphatic hydroxyl groups is 1. The molecule has 6 heterocycles. The van der Waals surface area contributed by atoms with Gasteiger partial charge >= 0.3 is 6.18 Å². The summed E-state index contributed by atoms with van der Waals surface area (Å²) in [7, 11) is 0. The van der Waals surface area contributed by atoms with Crippen LogP contribution < -0.4 is 14.2 Å². The fourth-order valence-corrected chi connectivity index (χ4v) is 13.3. The number of fused-ring (bicyclic) bond motifs is 3. The molecule has 94 heavy (non-hydrogen) atoms. The van der Waals surface area contributed by atoms with Crippen LogP contribution in [-0.2, 0) is 19.6 Å². The number of ketones is 3. The number of halogens is 6. The Balaban J connectivity index is 0.000000154. The summed E-state index contributed by atoms with van der Waals surface area (Å²) in [6.45, 7) is 15.9. The van der Waals surface area contributed by atoms with E-state index in [1.54, 1.807) is 35.8 Å². The zero-order valence-electron chi connectivity index (χ0n) is 53.7. The van der Waals surface area contributed by atoms with E-state index in [4.69, 9.17) is 49.0 Å². The first-order valence-electron chi connectivity index (χ1n) is 32.8. The van der Waals surface area contributed by atoms with Crippen molar-refractivity contribution in [2.24, 2.45) is 5.92 Å². The molecule has 3 aromatic heterocycles. The molecule has 13 nitrogen and oxygen atoms in total. The fourth-order valence-electron chi connectivity index (χ4n) is 12.9. The van der Waals surface area contributed by atoms with Crippen LogP contribution in [0.15, 0.2) is 164 Å². The van der Waals surface area contributed by atoms with Gasteiger partial charge in [0.1, 0.15) is 35.6 Å². The first-order valence-corrected chi connectivity index (χ1v) is 33.9. The van der Waals surface area contributed by atoms with E-state index in [1.807, 2.05) is 114 Å². The molecule has 3 aliphatic rings. The summed E-state index contributed by atoms with van der Waals surface area (Å²) in [5.41, 5.74) is 4.09. The normalized spacial score (nSPS) is 16.0. The number of carbonyl (C=O) groups is 3. The Kier molecular flexibility index (Phi) is 24.5. The maximum Gasteiger partial charge on any atom is 0.454 e. The van der Waals surface area contributed by atoms with Crippen molar-refractivity contribution in [1.29, 1.82) is 0 Å². The number of likely N-dealkylation sites (tertiary alicyclic amines) is 3. The van der Waals surface area contributed by atoms with Gasteiger partial charge in [-0.15, -0.1) is 0 Å². The Hall–Kier alpha value is -7.15. The third kappa shape index (κ3) is 19.3. The monoisotopic (exact) mass is 1340 g/mol. The van der Waals surface area contributed by atoms with E-state index in [0.29, 0.717) is 58.5 Å². The van der Waals surface area contributed by atoms with E-state index >= 15 is 0 Å². The van der Waals surface area contributed by atoms with Crippen LogP contribution in [0.3, 0.4) is 0 Å². The lowest BCUT2D eigenvalue weighted by atomic mass is 10.0. The number of ether oxygens (including phenoxy) is 3. The van der Waals surface area contributed by atoms with Crippen molar-refractivity contribution in [2.75, 3.05) is 58.9 Å². The van der Waals surface area contributed by atoms with Crippen molar-refractivity contribution in [3.8, 4) is 17.2 Å². The molecule has 3 saturated heterocycles. The van der Waals surface area contributed by atoms with Gasteiger partial charge in [0.15, 0.2) is 11.6 Å². The van der Waals surface area contributed by atoms with Crippen LogP contribution in [-0.4, -0.2) is 140 Å². The van der Waals surface area contributed by atoms with Crippen LogP contribution >= 0.6 is 34.8 Å². The maximum atomic E-state index is 13.0. The highest BCUT2D eigenvalue weighted by Gasteiger charge is 2.41.